The Hall–Kier alpha value is -3.82. The van der Waals surface area contributed by atoms with Crippen molar-refractivity contribution >= 4 is 35.2 Å². The van der Waals surface area contributed by atoms with Crippen LogP contribution in [0.2, 0.25) is 5.02 Å². The number of anilines is 1. The number of hydrogen-bond donors (Lipinski definition) is 2. The van der Waals surface area contributed by atoms with Crippen molar-refractivity contribution < 1.29 is 19.1 Å². The Morgan fingerprint density at radius 2 is 1.86 bits per heavy atom. The molecule has 1 heterocycles. The van der Waals surface area contributed by atoms with Gasteiger partial charge in [-0.15, -0.1) is 0 Å². The highest BCUT2D eigenvalue weighted by atomic mass is 35.5. The summed E-state index contributed by atoms with van der Waals surface area (Å²) in [5, 5.41) is 21.7. The van der Waals surface area contributed by atoms with Gasteiger partial charge in [-0.2, -0.15) is 5.26 Å². The summed E-state index contributed by atoms with van der Waals surface area (Å²) in [5.74, 6) is -0.896. The Morgan fingerprint density at radius 3 is 2.52 bits per heavy atom. The van der Waals surface area contributed by atoms with Crippen LogP contribution in [0.5, 0.6) is 0 Å². The van der Waals surface area contributed by atoms with E-state index in [0.29, 0.717) is 33.4 Å². The summed E-state index contributed by atoms with van der Waals surface area (Å²) >= 11 is 5.81. The number of carboxylic acids is 1. The van der Waals surface area contributed by atoms with Crippen molar-refractivity contribution in [3.63, 3.8) is 0 Å². The van der Waals surface area contributed by atoms with Crippen LogP contribution in [0.15, 0.2) is 64.6 Å². The summed E-state index contributed by atoms with van der Waals surface area (Å²) in [4.78, 5) is 23.6. The highest BCUT2D eigenvalue weighted by molar-refractivity contribution is 6.30. The Balaban J connectivity index is 1.83. The van der Waals surface area contributed by atoms with Crippen LogP contribution in [0.4, 0.5) is 5.69 Å². The third-order valence-electron chi connectivity index (χ3n) is 4.13. The Labute approximate surface area is 171 Å². The molecule has 3 aromatic rings. The lowest BCUT2D eigenvalue weighted by atomic mass is 10.0. The number of furan rings is 1. The lowest BCUT2D eigenvalue weighted by molar-refractivity contribution is -0.112. The van der Waals surface area contributed by atoms with Gasteiger partial charge >= 0.3 is 5.97 Å². The minimum atomic E-state index is -1.03. The van der Waals surface area contributed by atoms with Gasteiger partial charge in [-0.25, -0.2) is 4.79 Å². The Morgan fingerprint density at radius 1 is 1.14 bits per heavy atom. The summed E-state index contributed by atoms with van der Waals surface area (Å²) < 4.78 is 5.67. The van der Waals surface area contributed by atoms with Crippen molar-refractivity contribution in [3.05, 3.63) is 82.1 Å². The molecule has 1 amide bonds. The third-order valence-corrected chi connectivity index (χ3v) is 4.39. The molecule has 0 atom stereocenters. The standard InChI is InChI=1S/C22H15ClN2O4/c1-13-2-3-14(11-19(13)22(27)28)20-9-8-18(29-20)10-15(12-24)21(26)25-17-6-4-16(23)5-7-17/h2-11H,1H3,(H,25,26)(H,27,28)/b15-10-. The molecule has 7 heteroatoms. The number of carbonyl (C=O) groups is 2. The SMILES string of the molecule is Cc1ccc(-c2ccc(/C=C(/C#N)C(=O)Nc3ccc(Cl)cc3)o2)cc1C(=O)O. The molecule has 1 aromatic heterocycles. The largest absolute Gasteiger partial charge is 0.478 e. The number of aromatic carboxylic acids is 1. The molecule has 0 saturated heterocycles. The fourth-order valence-corrected chi connectivity index (χ4v) is 2.74. The molecule has 0 fully saturated rings. The second-order valence-electron chi connectivity index (χ2n) is 6.17. The minimum Gasteiger partial charge on any atom is -0.478 e. The maximum atomic E-state index is 12.3. The first-order valence-corrected chi connectivity index (χ1v) is 8.88. The van der Waals surface area contributed by atoms with Gasteiger partial charge in [0.2, 0.25) is 0 Å². The average molecular weight is 407 g/mol. The molecule has 144 valence electrons. The van der Waals surface area contributed by atoms with Gasteiger partial charge in [0.1, 0.15) is 23.2 Å². The normalized spacial score (nSPS) is 11.0. The van der Waals surface area contributed by atoms with Crippen molar-refractivity contribution in [2.75, 3.05) is 5.32 Å². The molecule has 3 rings (SSSR count). The smallest absolute Gasteiger partial charge is 0.335 e. The predicted molar refractivity (Wildman–Crippen MR) is 110 cm³/mol. The maximum absolute atomic E-state index is 12.3. The molecule has 2 N–H and O–H groups in total. The lowest BCUT2D eigenvalue weighted by Gasteiger charge is -2.04. The molecule has 0 aliphatic rings. The molecule has 0 spiro atoms. The van der Waals surface area contributed by atoms with Gasteiger partial charge in [0.15, 0.2) is 0 Å². The molecule has 6 nitrogen and oxygen atoms in total. The number of nitrogens with one attached hydrogen (secondary N) is 1. The molecular weight excluding hydrogens is 392 g/mol. The van der Waals surface area contributed by atoms with Gasteiger partial charge in [-0.05, 0) is 55.0 Å². The van der Waals surface area contributed by atoms with E-state index < -0.39 is 11.9 Å². The van der Waals surface area contributed by atoms with E-state index in [2.05, 4.69) is 5.32 Å². The van der Waals surface area contributed by atoms with Crippen molar-refractivity contribution in [1.29, 1.82) is 5.26 Å². The van der Waals surface area contributed by atoms with E-state index in [1.807, 2.05) is 6.07 Å². The van der Waals surface area contributed by atoms with Gasteiger partial charge in [0.05, 0.1) is 5.56 Å². The van der Waals surface area contributed by atoms with Crippen molar-refractivity contribution in [2.24, 2.45) is 0 Å². The molecule has 2 aromatic carbocycles. The van der Waals surface area contributed by atoms with E-state index in [0.717, 1.165) is 0 Å². The molecule has 0 aliphatic heterocycles. The Bertz CT molecular complexity index is 1150. The first kappa shape index (κ1) is 19.9. The number of aryl methyl sites for hydroxylation is 1. The first-order valence-electron chi connectivity index (χ1n) is 8.50. The highest BCUT2D eigenvalue weighted by Gasteiger charge is 2.13. The number of nitrogens with zero attached hydrogens (tertiary/aromatic N) is 1. The quantitative estimate of drug-likeness (QED) is 0.450. The van der Waals surface area contributed by atoms with Crippen LogP contribution in [-0.2, 0) is 4.79 Å². The van der Waals surface area contributed by atoms with Crippen molar-refractivity contribution in [2.45, 2.75) is 6.92 Å². The van der Waals surface area contributed by atoms with E-state index in [9.17, 15) is 20.0 Å². The predicted octanol–water partition coefficient (Wildman–Crippen LogP) is 5.15. The van der Waals surface area contributed by atoms with Crippen LogP contribution in [0.1, 0.15) is 21.7 Å². The topological polar surface area (TPSA) is 103 Å². The highest BCUT2D eigenvalue weighted by Crippen LogP contribution is 2.26. The number of carbonyl (C=O) groups excluding carboxylic acids is 1. The molecule has 0 unspecified atom stereocenters. The molecule has 29 heavy (non-hydrogen) atoms. The number of amides is 1. The van der Waals surface area contributed by atoms with Gasteiger partial charge in [0.25, 0.3) is 5.91 Å². The maximum Gasteiger partial charge on any atom is 0.335 e. The van der Waals surface area contributed by atoms with Gasteiger partial charge in [-0.3, -0.25) is 4.79 Å². The number of carboxylic acid groups (broad SMARTS) is 1. The van der Waals surface area contributed by atoms with Crippen LogP contribution in [0.3, 0.4) is 0 Å². The summed E-state index contributed by atoms with van der Waals surface area (Å²) in [7, 11) is 0. The Kier molecular flexibility index (Phi) is 5.82. The zero-order valence-corrected chi connectivity index (χ0v) is 16.0. The van der Waals surface area contributed by atoms with Gasteiger partial charge in [-0.1, -0.05) is 23.7 Å². The fraction of sp³-hybridized carbons (Fsp3) is 0.0455. The lowest BCUT2D eigenvalue weighted by Crippen LogP contribution is -2.13. The zero-order chi connectivity index (χ0) is 21.0. The van der Waals surface area contributed by atoms with E-state index in [1.54, 1.807) is 55.5 Å². The van der Waals surface area contributed by atoms with Crippen molar-refractivity contribution in [3.8, 4) is 17.4 Å². The number of rotatable bonds is 5. The number of halogens is 1. The monoisotopic (exact) mass is 406 g/mol. The van der Waals surface area contributed by atoms with Crippen LogP contribution in [0, 0.1) is 18.3 Å². The average Bonchev–Trinajstić information content (AvgIpc) is 3.16. The van der Waals surface area contributed by atoms with Gasteiger partial charge in [0, 0.05) is 22.3 Å². The van der Waals surface area contributed by atoms with E-state index in [-0.39, 0.29) is 11.1 Å². The number of nitriles is 1. The zero-order valence-electron chi connectivity index (χ0n) is 15.3. The molecule has 0 bridgehead atoms. The second kappa shape index (κ2) is 8.46. The second-order valence-corrected chi connectivity index (χ2v) is 6.60. The van der Waals surface area contributed by atoms with Crippen molar-refractivity contribution in [1.82, 2.24) is 0 Å². The minimum absolute atomic E-state index is 0.143. The van der Waals surface area contributed by atoms with Gasteiger partial charge < -0.3 is 14.8 Å². The first-order chi connectivity index (χ1) is 13.9. The molecular formula is C22H15ClN2O4. The van der Waals surface area contributed by atoms with E-state index in [4.69, 9.17) is 16.0 Å². The van der Waals surface area contributed by atoms with Crippen LogP contribution in [-0.4, -0.2) is 17.0 Å². The summed E-state index contributed by atoms with van der Waals surface area (Å²) in [5.41, 5.74) is 1.75. The third kappa shape index (κ3) is 4.72. The van der Waals surface area contributed by atoms with E-state index >= 15 is 0 Å². The molecule has 0 aliphatic carbocycles. The fourth-order valence-electron chi connectivity index (χ4n) is 2.61. The number of benzene rings is 2. The summed E-state index contributed by atoms with van der Waals surface area (Å²) in [6.45, 7) is 1.71. The number of hydrogen-bond acceptors (Lipinski definition) is 4. The summed E-state index contributed by atoms with van der Waals surface area (Å²) in [6, 6.07) is 16.5. The molecule has 0 saturated carbocycles. The van der Waals surface area contributed by atoms with Crippen LogP contribution >= 0.6 is 11.6 Å². The van der Waals surface area contributed by atoms with E-state index in [1.165, 1.54) is 12.1 Å². The van der Waals surface area contributed by atoms with Crippen LogP contribution in [0.25, 0.3) is 17.4 Å². The summed E-state index contributed by atoms with van der Waals surface area (Å²) in [6.07, 6.45) is 1.32. The van der Waals surface area contributed by atoms with Crippen LogP contribution < -0.4 is 5.32 Å². The molecule has 0 radical (unpaired) electrons.